The van der Waals surface area contributed by atoms with Crippen LogP contribution < -0.4 is 4.74 Å². The molecule has 0 N–H and O–H groups in total. The predicted molar refractivity (Wildman–Crippen MR) is 77.5 cm³/mol. The number of halogens is 1. The maximum atomic E-state index is 11.8. The fraction of sp³-hybridized carbons (Fsp3) is 0.133. The lowest BCUT2D eigenvalue weighted by Crippen LogP contribution is -1.90. The van der Waals surface area contributed by atoms with Gasteiger partial charge >= 0.3 is 0 Å². The quantitative estimate of drug-likeness (QED) is 0.624. The molecular weight excluding hydrogens is 308 g/mol. The summed E-state index contributed by atoms with van der Waals surface area (Å²) in [5, 5.41) is 0. The van der Waals surface area contributed by atoms with E-state index in [-0.39, 0.29) is 5.78 Å². The fourth-order valence-electron chi connectivity index (χ4n) is 1.61. The molecule has 98 valence electrons. The molecule has 2 rings (SSSR count). The van der Waals surface area contributed by atoms with Crippen LogP contribution in [0.15, 0.2) is 45.3 Å². The average Bonchev–Trinajstić information content (AvgIpc) is 2.83. The minimum Gasteiger partial charge on any atom is -0.496 e. The van der Waals surface area contributed by atoms with Crippen LogP contribution in [0.1, 0.15) is 21.9 Å². The number of carbonyl (C=O) groups excluding carboxylic acids is 1. The van der Waals surface area contributed by atoms with E-state index in [1.165, 1.54) is 6.08 Å². The van der Waals surface area contributed by atoms with Gasteiger partial charge in [0.05, 0.1) is 11.6 Å². The lowest BCUT2D eigenvalue weighted by atomic mass is 10.2. The Morgan fingerprint density at radius 1 is 1.32 bits per heavy atom. The second-order valence-corrected chi connectivity index (χ2v) is 4.86. The molecule has 1 aromatic carbocycles. The normalized spacial score (nSPS) is 10.9. The summed E-state index contributed by atoms with van der Waals surface area (Å²) in [7, 11) is 1.61. The number of hydrogen-bond donors (Lipinski definition) is 0. The molecule has 1 aromatic heterocycles. The number of allylic oxidation sites excluding steroid dienone is 1. The molecule has 0 amide bonds. The van der Waals surface area contributed by atoms with Crippen molar-refractivity contribution >= 4 is 27.8 Å². The van der Waals surface area contributed by atoms with E-state index in [1.54, 1.807) is 32.2 Å². The first-order valence-electron chi connectivity index (χ1n) is 5.72. The summed E-state index contributed by atoms with van der Waals surface area (Å²) in [6.07, 6.45) is 3.23. The Morgan fingerprint density at radius 2 is 2.11 bits per heavy atom. The van der Waals surface area contributed by atoms with Crippen molar-refractivity contribution in [2.75, 3.05) is 7.11 Å². The first-order chi connectivity index (χ1) is 9.10. The number of rotatable bonds is 4. The highest BCUT2D eigenvalue weighted by molar-refractivity contribution is 9.10. The lowest BCUT2D eigenvalue weighted by Gasteiger charge is -2.03. The Kier molecular flexibility index (Phi) is 4.22. The summed E-state index contributed by atoms with van der Waals surface area (Å²) in [6.45, 7) is 1.81. The predicted octanol–water partition coefficient (Wildman–Crippen LogP) is 4.26. The third-order valence-corrected chi connectivity index (χ3v) is 3.21. The molecule has 0 radical (unpaired) electrons. The second-order valence-electron chi connectivity index (χ2n) is 4.00. The van der Waals surface area contributed by atoms with Gasteiger partial charge in [-0.15, -0.1) is 0 Å². The maximum Gasteiger partial charge on any atom is 0.221 e. The number of hydrogen-bond acceptors (Lipinski definition) is 3. The topological polar surface area (TPSA) is 39.4 Å². The summed E-state index contributed by atoms with van der Waals surface area (Å²) in [4.78, 5) is 11.8. The first-order valence-corrected chi connectivity index (χ1v) is 6.52. The first kappa shape index (κ1) is 13.6. The van der Waals surface area contributed by atoms with Crippen LogP contribution in [0.3, 0.4) is 0 Å². The van der Waals surface area contributed by atoms with Gasteiger partial charge in [-0.3, -0.25) is 4.79 Å². The molecule has 0 spiro atoms. The number of methoxy groups -OCH3 is 1. The molecule has 2 aromatic rings. The Balaban J connectivity index is 2.14. The SMILES string of the molecule is COc1ccc(/C=C/C(=O)c2ccc(C)o2)cc1Br. The molecule has 4 heteroatoms. The fourth-order valence-corrected chi connectivity index (χ4v) is 2.17. The van der Waals surface area contributed by atoms with Crippen LogP contribution in [0.5, 0.6) is 5.75 Å². The van der Waals surface area contributed by atoms with E-state index in [0.29, 0.717) is 5.76 Å². The van der Waals surface area contributed by atoms with Crippen LogP contribution in [0.25, 0.3) is 6.08 Å². The van der Waals surface area contributed by atoms with E-state index in [1.807, 2.05) is 18.2 Å². The number of ketones is 1. The standard InChI is InChI=1S/C15H13BrO3/c1-10-3-7-15(19-10)13(17)6-4-11-5-8-14(18-2)12(16)9-11/h3-9H,1-2H3/b6-4+. The van der Waals surface area contributed by atoms with Gasteiger partial charge < -0.3 is 9.15 Å². The molecule has 0 aliphatic heterocycles. The van der Waals surface area contributed by atoms with Gasteiger partial charge in [0.2, 0.25) is 5.78 Å². The highest BCUT2D eigenvalue weighted by Crippen LogP contribution is 2.26. The molecule has 0 aliphatic rings. The zero-order chi connectivity index (χ0) is 13.8. The highest BCUT2D eigenvalue weighted by Gasteiger charge is 2.06. The molecular formula is C15H13BrO3. The Bertz CT molecular complexity index is 626. The Hall–Kier alpha value is -1.81. The molecule has 0 saturated carbocycles. The smallest absolute Gasteiger partial charge is 0.221 e. The van der Waals surface area contributed by atoms with Gasteiger partial charge in [0.25, 0.3) is 0 Å². The van der Waals surface area contributed by atoms with E-state index in [0.717, 1.165) is 21.5 Å². The van der Waals surface area contributed by atoms with Crippen LogP contribution in [0.4, 0.5) is 0 Å². The molecule has 3 nitrogen and oxygen atoms in total. The highest BCUT2D eigenvalue weighted by atomic mass is 79.9. The van der Waals surface area contributed by atoms with Crippen LogP contribution in [-0.2, 0) is 0 Å². The van der Waals surface area contributed by atoms with Crippen LogP contribution in [0.2, 0.25) is 0 Å². The maximum absolute atomic E-state index is 11.8. The van der Waals surface area contributed by atoms with E-state index in [4.69, 9.17) is 9.15 Å². The van der Waals surface area contributed by atoms with Crippen molar-refractivity contribution in [1.82, 2.24) is 0 Å². The largest absolute Gasteiger partial charge is 0.496 e. The molecule has 0 fully saturated rings. The molecule has 0 aliphatic carbocycles. The second kappa shape index (κ2) is 5.89. The van der Waals surface area contributed by atoms with Crippen LogP contribution in [-0.4, -0.2) is 12.9 Å². The van der Waals surface area contributed by atoms with Crippen molar-refractivity contribution in [2.24, 2.45) is 0 Å². The van der Waals surface area contributed by atoms with Gasteiger partial charge in [0.1, 0.15) is 11.5 Å². The third-order valence-electron chi connectivity index (χ3n) is 2.59. The van der Waals surface area contributed by atoms with Crippen molar-refractivity contribution in [3.8, 4) is 5.75 Å². The van der Waals surface area contributed by atoms with E-state index >= 15 is 0 Å². The van der Waals surface area contributed by atoms with Crippen molar-refractivity contribution in [3.05, 3.63) is 58.0 Å². The number of carbonyl (C=O) groups is 1. The summed E-state index contributed by atoms with van der Waals surface area (Å²) < 4.78 is 11.3. The van der Waals surface area contributed by atoms with Crippen molar-refractivity contribution < 1.29 is 13.9 Å². The van der Waals surface area contributed by atoms with Crippen LogP contribution >= 0.6 is 15.9 Å². The van der Waals surface area contributed by atoms with Crippen molar-refractivity contribution in [1.29, 1.82) is 0 Å². The number of aryl methyl sites for hydroxylation is 1. The summed E-state index contributed by atoms with van der Waals surface area (Å²) >= 11 is 3.40. The van der Waals surface area contributed by atoms with Gasteiger partial charge in [-0.05, 0) is 58.8 Å². The van der Waals surface area contributed by atoms with Crippen molar-refractivity contribution in [2.45, 2.75) is 6.92 Å². The lowest BCUT2D eigenvalue weighted by molar-refractivity contribution is 0.102. The Morgan fingerprint density at radius 3 is 2.68 bits per heavy atom. The molecule has 0 bridgehead atoms. The zero-order valence-corrected chi connectivity index (χ0v) is 12.2. The number of ether oxygens (including phenoxy) is 1. The zero-order valence-electron chi connectivity index (χ0n) is 10.6. The van der Waals surface area contributed by atoms with E-state index < -0.39 is 0 Å². The van der Waals surface area contributed by atoms with Gasteiger partial charge in [-0.1, -0.05) is 12.1 Å². The van der Waals surface area contributed by atoms with Gasteiger partial charge in [0, 0.05) is 0 Å². The van der Waals surface area contributed by atoms with E-state index in [2.05, 4.69) is 15.9 Å². The van der Waals surface area contributed by atoms with Gasteiger partial charge in [0.15, 0.2) is 5.76 Å². The molecule has 1 heterocycles. The molecule has 0 saturated heterocycles. The minimum atomic E-state index is -0.153. The van der Waals surface area contributed by atoms with Gasteiger partial charge in [-0.2, -0.15) is 0 Å². The summed E-state index contributed by atoms with van der Waals surface area (Å²) in [5.41, 5.74) is 0.907. The monoisotopic (exact) mass is 320 g/mol. The third kappa shape index (κ3) is 3.35. The summed E-state index contributed by atoms with van der Waals surface area (Å²) in [6, 6.07) is 9.04. The molecule has 0 atom stereocenters. The Labute approximate surface area is 120 Å². The minimum absolute atomic E-state index is 0.153. The summed E-state index contributed by atoms with van der Waals surface area (Å²) in [5.74, 6) is 1.68. The average molecular weight is 321 g/mol. The van der Waals surface area contributed by atoms with Crippen molar-refractivity contribution in [3.63, 3.8) is 0 Å². The number of benzene rings is 1. The van der Waals surface area contributed by atoms with E-state index in [9.17, 15) is 4.79 Å². The van der Waals surface area contributed by atoms with Crippen LogP contribution in [0, 0.1) is 6.92 Å². The molecule has 19 heavy (non-hydrogen) atoms. The number of furan rings is 1. The van der Waals surface area contributed by atoms with Gasteiger partial charge in [-0.25, -0.2) is 0 Å². The molecule has 0 unspecified atom stereocenters.